The molecule has 5 nitrogen and oxygen atoms in total. The Labute approximate surface area is 122 Å². The summed E-state index contributed by atoms with van der Waals surface area (Å²) in [6.07, 6.45) is 1.54. The Morgan fingerprint density at radius 3 is 2.89 bits per heavy atom. The predicted molar refractivity (Wildman–Crippen MR) is 74.7 cm³/mol. The van der Waals surface area contributed by atoms with Gasteiger partial charge in [0.25, 0.3) is 0 Å². The topological polar surface area (TPSA) is 65.3 Å². The van der Waals surface area contributed by atoms with Crippen molar-refractivity contribution in [3.63, 3.8) is 0 Å². The Kier molecular flexibility index (Phi) is 4.34. The van der Waals surface area contributed by atoms with E-state index < -0.39 is 4.92 Å². The first-order valence-corrected chi connectivity index (χ1v) is 6.56. The summed E-state index contributed by atoms with van der Waals surface area (Å²) in [6.45, 7) is 0. The molecule has 0 aliphatic heterocycles. The maximum absolute atomic E-state index is 11.0. The summed E-state index contributed by atoms with van der Waals surface area (Å²) in [6, 6.07) is 8.01. The number of nitro benzene ring substituents is 1. The zero-order valence-electron chi connectivity index (χ0n) is 9.55. The van der Waals surface area contributed by atoms with E-state index in [2.05, 4.69) is 20.9 Å². The molecule has 7 heteroatoms. The third kappa shape index (κ3) is 3.21. The van der Waals surface area contributed by atoms with Gasteiger partial charge < -0.3 is 4.74 Å². The number of alkyl halides is 1. The van der Waals surface area contributed by atoms with Crippen molar-refractivity contribution in [3.8, 4) is 11.6 Å². The number of rotatable bonds is 4. The lowest BCUT2D eigenvalue weighted by molar-refractivity contribution is -0.385. The molecule has 0 spiro atoms. The van der Waals surface area contributed by atoms with Gasteiger partial charge in [0.1, 0.15) is 0 Å². The molecule has 1 aromatic heterocycles. The first-order valence-electron chi connectivity index (χ1n) is 5.23. The summed E-state index contributed by atoms with van der Waals surface area (Å²) in [5.41, 5.74) is 0.530. The van der Waals surface area contributed by atoms with Crippen LogP contribution < -0.4 is 4.74 Å². The van der Waals surface area contributed by atoms with Crippen molar-refractivity contribution in [2.24, 2.45) is 0 Å². The van der Waals surface area contributed by atoms with Crippen LogP contribution in [0.3, 0.4) is 0 Å². The highest BCUT2D eigenvalue weighted by Gasteiger charge is 2.17. The highest BCUT2D eigenvalue weighted by atomic mass is 79.9. The Morgan fingerprint density at radius 2 is 2.21 bits per heavy atom. The molecule has 2 aromatic rings. The number of pyridine rings is 1. The predicted octanol–water partition coefficient (Wildman–Crippen LogP) is 4.28. The number of nitrogens with zero attached hydrogens (tertiary/aromatic N) is 2. The fourth-order valence-corrected chi connectivity index (χ4v) is 1.99. The summed E-state index contributed by atoms with van der Waals surface area (Å²) >= 11 is 8.95. The van der Waals surface area contributed by atoms with Gasteiger partial charge in [-0.1, -0.05) is 22.0 Å². The average molecular weight is 344 g/mol. The van der Waals surface area contributed by atoms with Crippen molar-refractivity contribution in [3.05, 3.63) is 56.7 Å². The molecule has 0 saturated heterocycles. The minimum absolute atomic E-state index is 0.123. The minimum atomic E-state index is -0.511. The molecule has 0 bridgehead atoms. The molecule has 1 aromatic carbocycles. The number of benzene rings is 1. The molecule has 0 aliphatic rings. The van der Waals surface area contributed by atoms with Crippen LogP contribution in [0.25, 0.3) is 0 Å². The van der Waals surface area contributed by atoms with Crippen LogP contribution in [0.2, 0.25) is 0 Å². The molecule has 19 heavy (non-hydrogen) atoms. The van der Waals surface area contributed by atoms with Crippen LogP contribution >= 0.6 is 27.5 Å². The standard InChI is InChI=1S/C12H8BrClN2O3/c13-9-3-4-11(10(6-9)16(17)18)19-12-8(7-14)2-1-5-15-12/h1-6H,7H2. The van der Waals surface area contributed by atoms with Crippen LogP contribution in [0.15, 0.2) is 41.0 Å². The monoisotopic (exact) mass is 342 g/mol. The number of hydrogen-bond acceptors (Lipinski definition) is 4. The molecule has 0 atom stereocenters. The van der Waals surface area contributed by atoms with Crippen molar-refractivity contribution < 1.29 is 9.66 Å². The van der Waals surface area contributed by atoms with Gasteiger partial charge in [0.15, 0.2) is 0 Å². The van der Waals surface area contributed by atoms with E-state index in [4.69, 9.17) is 16.3 Å². The number of halogens is 2. The Morgan fingerprint density at radius 1 is 1.42 bits per heavy atom. The molecule has 0 amide bonds. The molecular formula is C12H8BrClN2O3. The van der Waals surface area contributed by atoms with Crippen molar-refractivity contribution in [2.45, 2.75) is 5.88 Å². The van der Waals surface area contributed by atoms with Crippen LogP contribution in [0.5, 0.6) is 11.6 Å². The highest BCUT2D eigenvalue weighted by Crippen LogP contribution is 2.34. The SMILES string of the molecule is O=[N+]([O-])c1cc(Br)ccc1Oc1ncccc1CCl. The lowest BCUT2D eigenvalue weighted by Crippen LogP contribution is -1.96. The zero-order valence-corrected chi connectivity index (χ0v) is 11.9. The normalized spacial score (nSPS) is 10.2. The number of aromatic nitrogens is 1. The maximum atomic E-state index is 11.0. The van der Waals surface area contributed by atoms with Gasteiger partial charge in [-0.3, -0.25) is 10.1 Å². The van der Waals surface area contributed by atoms with E-state index in [9.17, 15) is 10.1 Å². The van der Waals surface area contributed by atoms with Gasteiger partial charge in [0.2, 0.25) is 11.6 Å². The first-order chi connectivity index (χ1) is 9.11. The molecule has 0 fully saturated rings. The van der Waals surface area contributed by atoms with Gasteiger partial charge in [0, 0.05) is 22.3 Å². The Balaban J connectivity index is 2.41. The lowest BCUT2D eigenvalue weighted by atomic mass is 10.3. The van der Waals surface area contributed by atoms with E-state index in [-0.39, 0.29) is 23.2 Å². The van der Waals surface area contributed by atoms with Crippen LogP contribution in [0.4, 0.5) is 5.69 Å². The molecule has 0 unspecified atom stereocenters. The van der Waals surface area contributed by atoms with Crippen LogP contribution in [0, 0.1) is 10.1 Å². The molecule has 1 heterocycles. The summed E-state index contributed by atoms with van der Waals surface area (Å²) in [4.78, 5) is 14.5. The third-order valence-electron chi connectivity index (χ3n) is 2.32. The molecule has 0 N–H and O–H groups in total. The highest BCUT2D eigenvalue weighted by molar-refractivity contribution is 9.10. The number of nitro groups is 1. The molecular weight excluding hydrogens is 336 g/mol. The van der Waals surface area contributed by atoms with E-state index >= 15 is 0 Å². The fraction of sp³-hybridized carbons (Fsp3) is 0.0833. The second-order valence-corrected chi connectivity index (χ2v) is 4.76. The van der Waals surface area contributed by atoms with E-state index in [1.807, 2.05) is 0 Å². The summed E-state index contributed by atoms with van der Waals surface area (Å²) in [5.74, 6) is 0.606. The zero-order chi connectivity index (χ0) is 13.8. The minimum Gasteiger partial charge on any atom is -0.431 e. The van der Waals surface area contributed by atoms with Crippen LogP contribution in [-0.2, 0) is 5.88 Å². The third-order valence-corrected chi connectivity index (χ3v) is 3.10. The van der Waals surface area contributed by atoms with Crippen molar-refractivity contribution in [1.82, 2.24) is 4.98 Å². The summed E-state index contributed by atoms with van der Waals surface area (Å²) in [5, 5.41) is 11.0. The van der Waals surface area contributed by atoms with Gasteiger partial charge in [0.05, 0.1) is 10.8 Å². The largest absolute Gasteiger partial charge is 0.431 e. The quantitative estimate of drug-likeness (QED) is 0.472. The molecule has 0 saturated carbocycles. The van der Waals surface area contributed by atoms with Crippen LogP contribution in [-0.4, -0.2) is 9.91 Å². The van der Waals surface area contributed by atoms with E-state index in [0.29, 0.717) is 10.0 Å². The molecule has 0 radical (unpaired) electrons. The van der Waals surface area contributed by atoms with Crippen molar-refractivity contribution in [1.29, 1.82) is 0 Å². The van der Waals surface area contributed by atoms with Crippen molar-refractivity contribution in [2.75, 3.05) is 0 Å². The van der Waals surface area contributed by atoms with Crippen LogP contribution in [0.1, 0.15) is 5.56 Å². The number of ether oxygens (including phenoxy) is 1. The maximum Gasteiger partial charge on any atom is 0.312 e. The van der Waals surface area contributed by atoms with E-state index in [1.54, 1.807) is 18.2 Å². The molecule has 0 aliphatic carbocycles. The first kappa shape index (κ1) is 13.8. The van der Waals surface area contributed by atoms with Gasteiger partial charge in [-0.15, -0.1) is 11.6 Å². The van der Waals surface area contributed by atoms with Gasteiger partial charge in [-0.05, 0) is 18.2 Å². The smallest absolute Gasteiger partial charge is 0.312 e. The average Bonchev–Trinajstić information content (AvgIpc) is 2.41. The summed E-state index contributed by atoms with van der Waals surface area (Å²) in [7, 11) is 0. The molecule has 98 valence electrons. The fourth-order valence-electron chi connectivity index (χ4n) is 1.44. The molecule has 2 rings (SSSR count). The van der Waals surface area contributed by atoms with E-state index in [1.165, 1.54) is 18.3 Å². The van der Waals surface area contributed by atoms with Gasteiger partial charge >= 0.3 is 5.69 Å². The van der Waals surface area contributed by atoms with Gasteiger partial charge in [-0.2, -0.15) is 0 Å². The summed E-state index contributed by atoms with van der Waals surface area (Å²) < 4.78 is 6.09. The Hall–Kier alpha value is -1.66. The van der Waals surface area contributed by atoms with E-state index in [0.717, 1.165) is 0 Å². The Bertz CT molecular complexity index is 622. The second kappa shape index (κ2) is 5.99. The van der Waals surface area contributed by atoms with Crippen molar-refractivity contribution >= 4 is 33.2 Å². The number of hydrogen-bond donors (Lipinski definition) is 0. The second-order valence-electron chi connectivity index (χ2n) is 3.57. The van der Waals surface area contributed by atoms with Gasteiger partial charge in [-0.25, -0.2) is 4.98 Å². The lowest BCUT2D eigenvalue weighted by Gasteiger charge is -2.08.